The summed E-state index contributed by atoms with van der Waals surface area (Å²) in [5.74, 6) is 0.783. The molecule has 0 saturated carbocycles. The van der Waals surface area contributed by atoms with Gasteiger partial charge in [-0.05, 0) is 18.6 Å². The summed E-state index contributed by atoms with van der Waals surface area (Å²) in [6, 6.07) is 9.01. The summed E-state index contributed by atoms with van der Waals surface area (Å²) in [6.45, 7) is 2.89. The third-order valence-electron chi connectivity index (χ3n) is 4.81. The zero-order valence-electron chi connectivity index (χ0n) is 16.0. The van der Waals surface area contributed by atoms with Gasteiger partial charge in [0.25, 0.3) is 5.56 Å². The zero-order valence-corrected chi connectivity index (χ0v) is 16.8. The van der Waals surface area contributed by atoms with Crippen molar-refractivity contribution in [1.82, 2.24) is 23.9 Å². The van der Waals surface area contributed by atoms with Crippen molar-refractivity contribution in [3.63, 3.8) is 0 Å². The molecule has 1 aromatic carbocycles. The summed E-state index contributed by atoms with van der Waals surface area (Å²) < 4.78 is 3.63. The van der Waals surface area contributed by atoms with Crippen molar-refractivity contribution in [2.45, 2.75) is 32.7 Å². The van der Waals surface area contributed by atoms with Crippen LogP contribution in [0.2, 0.25) is 5.02 Å². The van der Waals surface area contributed by atoms with Gasteiger partial charge in [0.1, 0.15) is 0 Å². The molecule has 0 radical (unpaired) electrons. The van der Waals surface area contributed by atoms with Crippen molar-refractivity contribution in [3.05, 3.63) is 64.3 Å². The van der Waals surface area contributed by atoms with E-state index in [1.807, 2.05) is 28.8 Å². The molecule has 8 heteroatoms. The Morgan fingerprint density at radius 3 is 2.48 bits per heavy atom. The highest BCUT2D eigenvalue weighted by molar-refractivity contribution is 6.30. The van der Waals surface area contributed by atoms with E-state index < -0.39 is 0 Å². The fourth-order valence-corrected chi connectivity index (χ4v) is 3.43. The highest BCUT2D eigenvalue weighted by atomic mass is 35.5. The van der Waals surface area contributed by atoms with E-state index in [1.54, 1.807) is 29.1 Å². The third-order valence-corrected chi connectivity index (χ3v) is 5.06. The lowest BCUT2D eigenvalue weighted by atomic mass is 10.2. The predicted molar refractivity (Wildman–Crippen MR) is 115 cm³/mol. The lowest BCUT2D eigenvalue weighted by molar-refractivity contribution is 0.605. The van der Waals surface area contributed by atoms with E-state index in [4.69, 9.17) is 22.3 Å². The number of rotatable bonds is 6. The fraction of sp³-hybridized carbons (Fsp3) is 0.238. The Balaban J connectivity index is 1.90. The Morgan fingerprint density at radius 1 is 1.07 bits per heavy atom. The van der Waals surface area contributed by atoms with Crippen LogP contribution in [-0.2, 0) is 6.54 Å². The molecule has 3 heterocycles. The summed E-state index contributed by atoms with van der Waals surface area (Å²) in [5.41, 5.74) is 8.53. The van der Waals surface area contributed by atoms with E-state index in [-0.39, 0.29) is 11.5 Å². The molecule has 7 nitrogen and oxygen atoms in total. The first kappa shape index (κ1) is 19.1. The Morgan fingerprint density at radius 2 is 1.79 bits per heavy atom. The number of hydrogen-bond acceptors (Lipinski definition) is 5. The molecule has 0 aliphatic carbocycles. The minimum absolute atomic E-state index is 0.161. The van der Waals surface area contributed by atoms with Gasteiger partial charge in [-0.3, -0.25) is 9.20 Å². The predicted octanol–water partition coefficient (Wildman–Crippen LogP) is 4.05. The highest BCUT2D eigenvalue weighted by Crippen LogP contribution is 2.24. The summed E-state index contributed by atoms with van der Waals surface area (Å²) in [4.78, 5) is 25.8. The number of nitrogens with two attached hydrogens (primary N) is 1. The largest absolute Gasteiger partial charge is 0.368 e. The number of aromatic nitrogens is 5. The maximum atomic E-state index is 12.8. The van der Waals surface area contributed by atoms with E-state index in [1.165, 1.54) is 0 Å². The molecule has 0 bridgehead atoms. The molecule has 0 amide bonds. The lowest BCUT2D eigenvalue weighted by Crippen LogP contribution is -2.19. The molecule has 4 rings (SSSR count). The molecular weight excluding hydrogens is 388 g/mol. The van der Waals surface area contributed by atoms with Gasteiger partial charge in [0.2, 0.25) is 11.7 Å². The van der Waals surface area contributed by atoms with Crippen molar-refractivity contribution in [3.8, 4) is 22.5 Å². The smallest absolute Gasteiger partial charge is 0.259 e. The van der Waals surface area contributed by atoms with Crippen molar-refractivity contribution < 1.29 is 0 Å². The van der Waals surface area contributed by atoms with Crippen LogP contribution in [0.5, 0.6) is 0 Å². The molecule has 3 aromatic heterocycles. The van der Waals surface area contributed by atoms with E-state index in [9.17, 15) is 4.79 Å². The third kappa shape index (κ3) is 3.86. The Kier molecular flexibility index (Phi) is 5.31. The van der Waals surface area contributed by atoms with Crippen molar-refractivity contribution >= 4 is 23.3 Å². The number of imidazole rings is 1. The zero-order chi connectivity index (χ0) is 20.4. The molecule has 0 aliphatic rings. The second-order valence-corrected chi connectivity index (χ2v) is 7.30. The van der Waals surface area contributed by atoms with Gasteiger partial charge in [0.05, 0.1) is 11.4 Å². The first-order valence-corrected chi connectivity index (χ1v) is 9.91. The topological polar surface area (TPSA) is 91.1 Å². The fourth-order valence-electron chi connectivity index (χ4n) is 3.30. The van der Waals surface area contributed by atoms with E-state index >= 15 is 0 Å². The number of anilines is 1. The van der Waals surface area contributed by atoms with Crippen LogP contribution in [0.15, 0.2) is 53.7 Å². The van der Waals surface area contributed by atoms with Crippen LogP contribution in [0.25, 0.3) is 28.3 Å². The first-order chi connectivity index (χ1) is 14.1. The molecule has 0 unspecified atom stereocenters. The van der Waals surface area contributed by atoms with Gasteiger partial charge in [-0.25, -0.2) is 15.0 Å². The van der Waals surface area contributed by atoms with E-state index in [0.717, 1.165) is 42.6 Å². The summed E-state index contributed by atoms with van der Waals surface area (Å²) >= 11 is 6.00. The highest BCUT2D eigenvalue weighted by Gasteiger charge is 2.15. The number of benzene rings is 1. The molecule has 0 aliphatic heterocycles. The average molecular weight is 409 g/mol. The molecule has 0 atom stereocenters. The van der Waals surface area contributed by atoms with Gasteiger partial charge in [-0.2, -0.15) is 0 Å². The number of fused-ring (bicyclic) bond motifs is 1. The number of halogens is 1. The summed E-state index contributed by atoms with van der Waals surface area (Å²) in [6.07, 6.45) is 8.18. The molecule has 2 N–H and O–H groups in total. The molecule has 148 valence electrons. The van der Waals surface area contributed by atoms with Crippen molar-refractivity contribution in [1.29, 1.82) is 0 Å². The van der Waals surface area contributed by atoms with Crippen LogP contribution in [0.1, 0.15) is 26.2 Å². The van der Waals surface area contributed by atoms with Crippen LogP contribution in [0.4, 0.5) is 5.95 Å². The molecule has 0 spiro atoms. The molecule has 4 aromatic rings. The van der Waals surface area contributed by atoms with E-state index in [0.29, 0.717) is 16.5 Å². The average Bonchev–Trinajstić information content (AvgIpc) is 3.17. The van der Waals surface area contributed by atoms with Gasteiger partial charge in [-0.1, -0.05) is 43.5 Å². The van der Waals surface area contributed by atoms with E-state index in [2.05, 4.69) is 16.9 Å². The molecule has 0 saturated heterocycles. The SMILES string of the molecule is CCCCCn1c(-c2cnc(N)nc2)cc(=O)n2cc(-c3ccc(Cl)cc3)nc12. The quantitative estimate of drug-likeness (QED) is 0.486. The number of hydrogen-bond donors (Lipinski definition) is 1. The van der Waals surface area contributed by atoms with Gasteiger partial charge in [0, 0.05) is 47.4 Å². The van der Waals surface area contributed by atoms with Crippen LogP contribution < -0.4 is 11.3 Å². The molecular formula is C21H21ClN6O. The van der Waals surface area contributed by atoms with Crippen molar-refractivity contribution in [2.24, 2.45) is 0 Å². The van der Waals surface area contributed by atoms with Crippen molar-refractivity contribution in [2.75, 3.05) is 5.73 Å². The lowest BCUT2D eigenvalue weighted by Gasteiger charge is -2.14. The van der Waals surface area contributed by atoms with Gasteiger partial charge < -0.3 is 10.3 Å². The van der Waals surface area contributed by atoms with Gasteiger partial charge in [0.15, 0.2) is 0 Å². The maximum absolute atomic E-state index is 12.8. The second kappa shape index (κ2) is 8.05. The maximum Gasteiger partial charge on any atom is 0.259 e. The number of nitrogens with zero attached hydrogens (tertiary/aromatic N) is 5. The van der Waals surface area contributed by atoms with Crippen LogP contribution >= 0.6 is 11.6 Å². The number of unbranched alkanes of at least 4 members (excludes halogenated alkanes) is 2. The summed E-state index contributed by atoms with van der Waals surface area (Å²) in [5, 5.41) is 0.655. The second-order valence-electron chi connectivity index (χ2n) is 6.86. The monoisotopic (exact) mass is 408 g/mol. The Bertz CT molecular complexity index is 1200. The Labute approximate surface area is 172 Å². The normalized spacial score (nSPS) is 11.2. The van der Waals surface area contributed by atoms with Crippen LogP contribution in [-0.4, -0.2) is 23.9 Å². The Hall–Kier alpha value is -3.19. The van der Waals surface area contributed by atoms with Gasteiger partial charge in [-0.15, -0.1) is 0 Å². The number of nitrogen functional groups attached to an aromatic ring is 1. The number of aryl methyl sites for hydroxylation is 1. The van der Waals surface area contributed by atoms with Crippen LogP contribution in [0.3, 0.4) is 0 Å². The molecule has 0 fully saturated rings. The standard InChI is InChI=1S/C21H21ClN6O/c1-2-3-4-9-27-18(15-11-24-20(23)25-12-15)10-19(29)28-13-17(26-21(27)28)14-5-7-16(22)8-6-14/h5-8,10-13H,2-4,9H2,1H3,(H2,23,24,25). The first-order valence-electron chi connectivity index (χ1n) is 9.53. The minimum Gasteiger partial charge on any atom is -0.368 e. The van der Waals surface area contributed by atoms with Crippen LogP contribution in [0, 0.1) is 0 Å². The minimum atomic E-state index is -0.161. The van der Waals surface area contributed by atoms with Gasteiger partial charge >= 0.3 is 0 Å². The molecule has 29 heavy (non-hydrogen) atoms. The summed E-state index contributed by atoms with van der Waals surface area (Å²) in [7, 11) is 0.